The van der Waals surface area contributed by atoms with Gasteiger partial charge in [-0.15, -0.1) is 0 Å². The smallest absolute Gasteiger partial charge is 0.430 e. The van der Waals surface area contributed by atoms with Crippen LogP contribution in [0.4, 0.5) is 13.2 Å². The molecule has 1 aromatic rings. The summed E-state index contributed by atoms with van der Waals surface area (Å²) in [5, 5.41) is -4.30. The number of hydrogen-bond donors (Lipinski definition) is 1. The predicted molar refractivity (Wildman–Crippen MR) is 93.2 cm³/mol. The molecule has 0 saturated heterocycles. The number of ether oxygens (including phenoxy) is 1. The Bertz CT molecular complexity index is 832. The van der Waals surface area contributed by atoms with E-state index in [2.05, 4.69) is 13.8 Å². The number of alkyl halides is 3. The normalized spacial score (nSPS) is 15.1. The van der Waals surface area contributed by atoms with Crippen LogP contribution in [0.15, 0.2) is 29.2 Å². The summed E-state index contributed by atoms with van der Waals surface area (Å²) in [7, 11) is -9.88. The monoisotopic (exact) mass is 447 g/mol. The molecule has 0 fully saturated rings. The number of halogens is 3. The van der Waals surface area contributed by atoms with E-state index < -0.39 is 53.2 Å². The van der Waals surface area contributed by atoms with Crippen molar-refractivity contribution in [1.29, 1.82) is 0 Å². The molecule has 0 radical (unpaired) electrons. The van der Waals surface area contributed by atoms with E-state index in [-0.39, 0.29) is 0 Å². The fourth-order valence-corrected chi connectivity index (χ4v) is 6.00. The Morgan fingerprint density at radius 2 is 1.57 bits per heavy atom. The van der Waals surface area contributed by atoms with Crippen molar-refractivity contribution in [3.8, 4) is 0 Å². The molecule has 0 spiro atoms. The largest absolute Gasteiger partial charge is 0.467 e. The molecule has 0 saturated carbocycles. The highest BCUT2D eigenvalue weighted by atomic mass is 32.2. The lowest BCUT2D eigenvalue weighted by atomic mass is 10.2. The third-order valence-electron chi connectivity index (χ3n) is 3.51. The fraction of sp³-hybridized carbons (Fsp3) is 0.533. The van der Waals surface area contributed by atoms with Crippen LogP contribution in [0.3, 0.4) is 0 Å². The number of sulfonamides is 1. The molecular weight excluding hydrogens is 426 g/mol. The molecule has 160 valence electrons. The van der Waals surface area contributed by atoms with Gasteiger partial charge >= 0.3 is 25.0 Å². The van der Waals surface area contributed by atoms with E-state index in [0.717, 1.165) is 12.1 Å². The highest BCUT2D eigenvalue weighted by molar-refractivity contribution is 7.90. The molecule has 1 rings (SSSR count). The number of hydrogen-bond acceptors (Lipinski definition) is 7. The Hall–Kier alpha value is -1.46. The lowest BCUT2D eigenvalue weighted by Gasteiger charge is -2.37. The molecule has 28 heavy (non-hydrogen) atoms. The van der Waals surface area contributed by atoms with Crippen molar-refractivity contribution < 1.29 is 44.7 Å². The molecule has 0 bridgehead atoms. The summed E-state index contributed by atoms with van der Waals surface area (Å²) in [6.45, 7) is 2.94. The maximum atomic E-state index is 14.1. The SMILES string of the molecule is CCOP(=O)(OCC)C(NS(=O)(=O)c1ccc(C)cc1)(C(=O)OC)C(F)(F)F. The molecule has 0 aliphatic carbocycles. The van der Waals surface area contributed by atoms with Crippen LogP contribution in [0, 0.1) is 6.92 Å². The van der Waals surface area contributed by atoms with Crippen molar-refractivity contribution in [2.24, 2.45) is 0 Å². The predicted octanol–water partition coefficient (Wildman–Crippen LogP) is 2.97. The van der Waals surface area contributed by atoms with Gasteiger partial charge in [-0.25, -0.2) is 13.2 Å². The van der Waals surface area contributed by atoms with Gasteiger partial charge < -0.3 is 13.8 Å². The molecule has 0 aliphatic rings. The van der Waals surface area contributed by atoms with Crippen molar-refractivity contribution in [3.63, 3.8) is 0 Å². The lowest BCUT2D eigenvalue weighted by molar-refractivity contribution is -0.193. The summed E-state index contributed by atoms with van der Waals surface area (Å²) in [5.74, 6) is -2.18. The van der Waals surface area contributed by atoms with Gasteiger partial charge in [-0.3, -0.25) is 4.57 Å². The molecule has 1 aromatic carbocycles. The van der Waals surface area contributed by atoms with E-state index >= 15 is 0 Å². The number of nitrogens with one attached hydrogen (secondary N) is 1. The molecule has 13 heteroatoms. The number of methoxy groups -OCH3 is 1. The van der Waals surface area contributed by atoms with Crippen LogP contribution < -0.4 is 4.72 Å². The second-order valence-electron chi connectivity index (χ2n) is 5.45. The van der Waals surface area contributed by atoms with Gasteiger partial charge in [-0.1, -0.05) is 17.7 Å². The molecule has 1 unspecified atom stereocenters. The van der Waals surface area contributed by atoms with Gasteiger partial charge in [0.1, 0.15) is 0 Å². The summed E-state index contributed by atoms with van der Waals surface area (Å²) in [6, 6.07) is 4.74. The average Bonchev–Trinajstić information content (AvgIpc) is 2.58. The van der Waals surface area contributed by atoms with Crippen LogP contribution in [-0.2, 0) is 33.2 Å². The molecule has 0 amide bonds. The minimum atomic E-state index is -5.72. The van der Waals surface area contributed by atoms with Crippen LogP contribution >= 0.6 is 7.60 Å². The minimum Gasteiger partial charge on any atom is -0.467 e. The molecule has 8 nitrogen and oxygen atoms in total. The zero-order valence-electron chi connectivity index (χ0n) is 15.6. The molecular formula is C15H21F3NO7PS. The van der Waals surface area contributed by atoms with Gasteiger partial charge in [0.05, 0.1) is 25.2 Å². The number of rotatable bonds is 9. The summed E-state index contributed by atoms with van der Waals surface area (Å²) in [4.78, 5) is 11.7. The van der Waals surface area contributed by atoms with E-state index in [1.165, 1.54) is 30.7 Å². The van der Waals surface area contributed by atoms with Crippen molar-refractivity contribution >= 4 is 23.6 Å². The maximum absolute atomic E-state index is 14.1. The maximum Gasteiger partial charge on any atom is 0.430 e. The first-order chi connectivity index (χ1) is 12.8. The minimum absolute atomic E-state index is 0.557. The van der Waals surface area contributed by atoms with Gasteiger partial charge in [-0.05, 0) is 32.9 Å². The summed E-state index contributed by atoms with van der Waals surface area (Å²) < 4.78 is 95.3. The van der Waals surface area contributed by atoms with Gasteiger partial charge in [-0.2, -0.15) is 17.9 Å². The molecule has 0 aromatic heterocycles. The number of aryl methyl sites for hydroxylation is 1. The Labute approximate surface area is 160 Å². The quantitative estimate of drug-likeness (QED) is 0.458. The van der Waals surface area contributed by atoms with Crippen LogP contribution in [-0.4, -0.2) is 46.2 Å². The van der Waals surface area contributed by atoms with Gasteiger partial charge in [0.25, 0.3) is 0 Å². The molecule has 0 heterocycles. The Balaban J connectivity index is 3.77. The number of esters is 1. The third-order valence-corrected chi connectivity index (χ3v) is 7.70. The van der Waals surface area contributed by atoms with Gasteiger partial charge in [0.15, 0.2) is 0 Å². The third kappa shape index (κ3) is 4.57. The van der Waals surface area contributed by atoms with E-state index in [0.29, 0.717) is 12.7 Å². The van der Waals surface area contributed by atoms with Gasteiger partial charge in [0.2, 0.25) is 10.0 Å². The van der Waals surface area contributed by atoms with E-state index in [1.54, 1.807) is 6.92 Å². The van der Waals surface area contributed by atoms with Crippen LogP contribution in [0.25, 0.3) is 0 Å². The molecule has 1 N–H and O–H groups in total. The second kappa shape index (κ2) is 8.91. The number of benzene rings is 1. The van der Waals surface area contributed by atoms with Crippen LogP contribution in [0.1, 0.15) is 19.4 Å². The Morgan fingerprint density at radius 1 is 1.11 bits per heavy atom. The average molecular weight is 447 g/mol. The van der Waals surface area contributed by atoms with Crippen LogP contribution in [0.5, 0.6) is 0 Å². The van der Waals surface area contributed by atoms with E-state index in [4.69, 9.17) is 0 Å². The highest BCUT2D eigenvalue weighted by Crippen LogP contribution is 2.65. The molecule has 0 aliphatic heterocycles. The summed E-state index contributed by atoms with van der Waals surface area (Å²) in [6.07, 6.45) is -5.72. The first-order valence-electron chi connectivity index (χ1n) is 7.96. The Kier molecular flexibility index (Phi) is 7.82. The van der Waals surface area contributed by atoms with Crippen LogP contribution in [0.2, 0.25) is 0 Å². The first-order valence-corrected chi connectivity index (χ1v) is 11.0. The summed E-state index contributed by atoms with van der Waals surface area (Å²) >= 11 is 0. The molecule has 1 atom stereocenters. The lowest BCUT2D eigenvalue weighted by Crippen LogP contribution is -2.64. The van der Waals surface area contributed by atoms with Crippen molar-refractivity contribution in [3.05, 3.63) is 29.8 Å². The van der Waals surface area contributed by atoms with Crippen molar-refractivity contribution in [2.75, 3.05) is 20.3 Å². The Morgan fingerprint density at radius 3 is 1.93 bits per heavy atom. The zero-order valence-corrected chi connectivity index (χ0v) is 17.3. The van der Waals surface area contributed by atoms with E-state index in [1.807, 2.05) is 0 Å². The van der Waals surface area contributed by atoms with Crippen molar-refractivity contribution in [2.45, 2.75) is 37.1 Å². The van der Waals surface area contributed by atoms with E-state index in [9.17, 15) is 30.9 Å². The topological polar surface area (TPSA) is 108 Å². The first kappa shape index (κ1) is 24.6. The van der Waals surface area contributed by atoms with Crippen molar-refractivity contribution in [1.82, 2.24) is 4.72 Å². The zero-order chi connectivity index (χ0) is 21.8. The fourth-order valence-electron chi connectivity index (χ4n) is 2.23. The number of carbonyl (C=O) groups excluding carboxylic acids is 1. The van der Waals surface area contributed by atoms with Gasteiger partial charge in [0, 0.05) is 0 Å². The summed E-state index contributed by atoms with van der Waals surface area (Å²) in [5.41, 5.74) is 0.642. The second-order valence-corrected chi connectivity index (χ2v) is 9.32. The highest BCUT2D eigenvalue weighted by Gasteiger charge is 2.76. The number of carbonyl (C=O) groups is 1. The standard InChI is InChI=1S/C15H21F3NO7PS/c1-5-25-27(21,26-6-2)14(13(20)24-4,15(16,17)18)19-28(22,23)12-9-7-11(3)8-10-12/h7-10,19H,5-6H2,1-4H3.